The lowest BCUT2D eigenvalue weighted by molar-refractivity contribution is 0.474. The molecule has 0 aromatic heterocycles. The van der Waals surface area contributed by atoms with Crippen LogP contribution in [0.2, 0.25) is 5.02 Å². The summed E-state index contributed by atoms with van der Waals surface area (Å²) in [5, 5.41) is 7.63. The zero-order chi connectivity index (χ0) is 12.8. The van der Waals surface area contributed by atoms with E-state index in [0.717, 1.165) is 22.6 Å². The van der Waals surface area contributed by atoms with Crippen LogP contribution in [-0.4, -0.2) is 18.6 Å². The van der Waals surface area contributed by atoms with Crippen molar-refractivity contribution in [2.24, 2.45) is 0 Å². The normalized spacial score (nSPS) is 13.1. The molecule has 1 rings (SSSR count). The molecule has 96 valence electrons. The van der Waals surface area contributed by atoms with Crippen LogP contribution in [0.4, 0.5) is 0 Å². The van der Waals surface area contributed by atoms with Gasteiger partial charge in [0.2, 0.25) is 0 Å². The first-order chi connectivity index (χ1) is 7.99. The maximum atomic E-state index is 6.04. The third kappa shape index (κ3) is 5.87. The molecule has 2 nitrogen and oxygen atoms in total. The molecule has 0 fully saturated rings. The molecular weight excluding hydrogens is 300 g/mol. The Kier molecular flexibility index (Phi) is 6.49. The molecule has 0 bridgehead atoms. The van der Waals surface area contributed by atoms with Crippen molar-refractivity contribution in [1.82, 2.24) is 10.6 Å². The van der Waals surface area contributed by atoms with Crippen molar-refractivity contribution < 1.29 is 0 Å². The topological polar surface area (TPSA) is 24.1 Å². The fourth-order valence-electron chi connectivity index (χ4n) is 1.43. The largest absolute Gasteiger partial charge is 0.313 e. The quantitative estimate of drug-likeness (QED) is 0.837. The predicted octanol–water partition coefficient (Wildman–Crippen LogP) is 3.58. The van der Waals surface area contributed by atoms with Crippen LogP contribution in [0.1, 0.15) is 26.3 Å². The van der Waals surface area contributed by atoms with E-state index in [4.69, 9.17) is 11.6 Å². The first-order valence-electron chi connectivity index (χ1n) is 5.89. The highest BCUT2D eigenvalue weighted by atomic mass is 79.9. The highest BCUT2D eigenvalue weighted by molar-refractivity contribution is 9.10. The van der Waals surface area contributed by atoms with Crippen molar-refractivity contribution in [3.05, 3.63) is 33.3 Å². The lowest BCUT2D eigenvalue weighted by Gasteiger charge is -2.16. The van der Waals surface area contributed by atoms with Crippen molar-refractivity contribution in [2.45, 2.75) is 39.4 Å². The van der Waals surface area contributed by atoms with Gasteiger partial charge in [-0.1, -0.05) is 31.5 Å². The molecule has 0 aliphatic heterocycles. The van der Waals surface area contributed by atoms with Gasteiger partial charge in [0.05, 0.1) is 5.02 Å². The van der Waals surface area contributed by atoms with Gasteiger partial charge in [0.25, 0.3) is 0 Å². The van der Waals surface area contributed by atoms with Crippen molar-refractivity contribution in [3.8, 4) is 0 Å². The molecule has 0 radical (unpaired) electrons. The van der Waals surface area contributed by atoms with Gasteiger partial charge in [-0.25, -0.2) is 0 Å². The second kappa shape index (κ2) is 7.37. The van der Waals surface area contributed by atoms with Crippen LogP contribution in [-0.2, 0) is 6.54 Å². The summed E-state index contributed by atoms with van der Waals surface area (Å²) in [6, 6.07) is 7.02. The first-order valence-corrected chi connectivity index (χ1v) is 7.07. The summed E-state index contributed by atoms with van der Waals surface area (Å²) in [4.78, 5) is 0. The van der Waals surface area contributed by atoms with Gasteiger partial charge in [0, 0.05) is 29.6 Å². The average molecular weight is 320 g/mol. The summed E-state index contributed by atoms with van der Waals surface area (Å²) in [6.07, 6.45) is 0. The lowest BCUT2D eigenvalue weighted by Crippen LogP contribution is -2.38. The van der Waals surface area contributed by atoms with E-state index in [1.807, 2.05) is 12.1 Å². The molecule has 4 heteroatoms. The van der Waals surface area contributed by atoms with E-state index in [-0.39, 0.29) is 0 Å². The lowest BCUT2D eigenvalue weighted by atomic mass is 10.2. The van der Waals surface area contributed by atoms with Gasteiger partial charge in [0.15, 0.2) is 0 Å². The highest BCUT2D eigenvalue weighted by Crippen LogP contribution is 2.23. The van der Waals surface area contributed by atoms with Crippen LogP contribution in [0.3, 0.4) is 0 Å². The van der Waals surface area contributed by atoms with Crippen molar-refractivity contribution in [2.75, 3.05) is 6.54 Å². The Morgan fingerprint density at radius 2 is 1.94 bits per heavy atom. The Morgan fingerprint density at radius 1 is 1.24 bits per heavy atom. The number of hydrogen-bond acceptors (Lipinski definition) is 2. The van der Waals surface area contributed by atoms with E-state index in [0.29, 0.717) is 12.1 Å². The van der Waals surface area contributed by atoms with Crippen LogP contribution >= 0.6 is 27.5 Å². The number of benzene rings is 1. The Bertz CT molecular complexity index is 355. The molecule has 0 amide bonds. The molecule has 0 aliphatic carbocycles. The standard InChI is InChI=1S/C13H20BrClN2/c1-9(2)16-7-10(3)17-8-11-4-5-12(14)13(15)6-11/h4-6,9-10,16-17H,7-8H2,1-3H3. The monoisotopic (exact) mass is 318 g/mol. The number of halogens is 2. The molecule has 0 saturated heterocycles. The molecule has 0 spiro atoms. The van der Waals surface area contributed by atoms with Crippen LogP contribution in [0.5, 0.6) is 0 Å². The second-order valence-electron chi connectivity index (χ2n) is 4.59. The van der Waals surface area contributed by atoms with E-state index in [2.05, 4.69) is 53.4 Å². The SMILES string of the molecule is CC(C)NCC(C)NCc1ccc(Br)c(Cl)c1. The first kappa shape index (κ1) is 15.0. The Balaban J connectivity index is 2.36. The molecule has 2 N–H and O–H groups in total. The Morgan fingerprint density at radius 3 is 2.53 bits per heavy atom. The summed E-state index contributed by atoms with van der Waals surface area (Å²) in [7, 11) is 0. The van der Waals surface area contributed by atoms with Gasteiger partial charge in [-0.05, 0) is 40.5 Å². The molecule has 1 aromatic carbocycles. The minimum Gasteiger partial charge on any atom is -0.313 e. The van der Waals surface area contributed by atoms with Gasteiger partial charge in [-0.3, -0.25) is 0 Å². The molecule has 1 atom stereocenters. The van der Waals surface area contributed by atoms with Crippen LogP contribution < -0.4 is 10.6 Å². The van der Waals surface area contributed by atoms with E-state index >= 15 is 0 Å². The third-order valence-electron chi connectivity index (χ3n) is 2.47. The average Bonchev–Trinajstić information content (AvgIpc) is 2.28. The molecule has 1 aromatic rings. The van der Waals surface area contributed by atoms with Crippen molar-refractivity contribution in [3.63, 3.8) is 0 Å². The van der Waals surface area contributed by atoms with Gasteiger partial charge in [-0.15, -0.1) is 0 Å². The van der Waals surface area contributed by atoms with Gasteiger partial charge in [0.1, 0.15) is 0 Å². The zero-order valence-electron chi connectivity index (χ0n) is 10.6. The maximum absolute atomic E-state index is 6.04. The van der Waals surface area contributed by atoms with Crippen LogP contribution in [0.25, 0.3) is 0 Å². The van der Waals surface area contributed by atoms with E-state index < -0.39 is 0 Å². The summed E-state index contributed by atoms with van der Waals surface area (Å²) in [6.45, 7) is 8.30. The number of rotatable bonds is 6. The molecular formula is C13H20BrClN2. The number of nitrogens with one attached hydrogen (secondary N) is 2. The third-order valence-corrected chi connectivity index (χ3v) is 3.70. The van der Waals surface area contributed by atoms with Gasteiger partial charge in [-0.2, -0.15) is 0 Å². The fourth-order valence-corrected chi connectivity index (χ4v) is 1.88. The maximum Gasteiger partial charge on any atom is 0.0551 e. The minimum atomic E-state index is 0.444. The fraction of sp³-hybridized carbons (Fsp3) is 0.538. The molecule has 17 heavy (non-hydrogen) atoms. The molecule has 0 heterocycles. The minimum absolute atomic E-state index is 0.444. The second-order valence-corrected chi connectivity index (χ2v) is 5.85. The molecule has 0 saturated carbocycles. The Labute approximate surface area is 117 Å². The van der Waals surface area contributed by atoms with Crippen molar-refractivity contribution >= 4 is 27.5 Å². The van der Waals surface area contributed by atoms with E-state index in [9.17, 15) is 0 Å². The molecule has 1 unspecified atom stereocenters. The van der Waals surface area contributed by atoms with E-state index in [1.165, 1.54) is 5.56 Å². The highest BCUT2D eigenvalue weighted by Gasteiger charge is 2.03. The van der Waals surface area contributed by atoms with Crippen molar-refractivity contribution in [1.29, 1.82) is 0 Å². The van der Waals surface area contributed by atoms with Gasteiger partial charge >= 0.3 is 0 Å². The van der Waals surface area contributed by atoms with Crippen LogP contribution in [0, 0.1) is 0 Å². The molecule has 0 aliphatic rings. The predicted molar refractivity (Wildman–Crippen MR) is 78.6 cm³/mol. The zero-order valence-corrected chi connectivity index (χ0v) is 12.9. The van der Waals surface area contributed by atoms with Crippen LogP contribution in [0.15, 0.2) is 22.7 Å². The van der Waals surface area contributed by atoms with E-state index in [1.54, 1.807) is 0 Å². The summed E-state index contributed by atoms with van der Waals surface area (Å²) >= 11 is 9.43. The van der Waals surface area contributed by atoms with Gasteiger partial charge < -0.3 is 10.6 Å². The summed E-state index contributed by atoms with van der Waals surface area (Å²) in [5.74, 6) is 0. The number of hydrogen-bond donors (Lipinski definition) is 2. The summed E-state index contributed by atoms with van der Waals surface area (Å²) < 4.78 is 0.942. The smallest absolute Gasteiger partial charge is 0.0551 e. The Hall–Kier alpha value is -0.0900. The summed E-state index contributed by atoms with van der Waals surface area (Å²) in [5.41, 5.74) is 1.20.